The lowest BCUT2D eigenvalue weighted by atomic mass is 10.3. The number of nitrogens with one attached hydrogen (secondary N) is 1. The molecule has 34 heavy (non-hydrogen) atoms. The van der Waals surface area contributed by atoms with Crippen molar-refractivity contribution in [1.29, 1.82) is 0 Å². The molecule has 3 aromatic rings. The fraction of sp³-hybridized carbons (Fsp3) is 0.208. The quantitative estimate of drug-likeness (QED) is 0.249. The molecule has 0 unspecified atom stereocenters. The number of methoxy groups -OCH3 is 2. The van der Waals surface area contributed by atoms with E-state index in [4.69, 9.17) is 9.47 Å². The summed E-state index contributed by atoms with van der Waals surface area (Å²) < 4.78 is 39.2. The minimum Gasteiger partial charge on any atom is -0.497 e. The van der Waals surface area contributed by atoms with Gasteiger partial charge in [0, 0.05) is 39.4 Å². The number of hydrogen-bond acceptors (Lipinski definition) is 6. The molecular formula is C24H25IN2O5S2. The molecule has 0 radical (unpaired) electrons. The third-order valence-electron chi connectivity index (χ3n) is 4.93. The molecule has 1 N–H and O–H groups in total. The predicted molar refractivity (Wildman–Crippen MR) is 145 cm³/mol. The molecule has 3 aromatic carbocycles. The van der Waals surface area contributed by atoms with Crippen molar-refractivity contribution in [1.82, 2.24) is 0 Å². The van der Waals surface area contributed by atoms with Crippen molar-refractivity contribution in [3.63, 3.8) is 0 Å². The Hall–Kier alpha value is -2.44. The normalized spacial score (nSPS) is 11.1. The van der Waals surface area contributed by atoms with E-state index in [0.29, 0.717) is 35.0 Å². The minimum absolute atomic E-state index is 0.0899. The number of amides is 1. The predicted octanol–water partition coefficient (Wildman–Crippen LogP) is 5.25. The molecule has 0 aliphatic carbocycles. The van der Waals surface area contributed by atoms with Gasteiger partial charge in [-0.05, 0) is 83.3 Å². The number of nitrogens with zero attached hydrogens (tertiary/aromatic N) is 1. The third-order valence-corrected chi connectivity index (χ3v) is 8.45. The smallest absolute Gasteiger partial charge is 0.264 e. The number of carbonyl (C=O) groups is 1. The largest absolute Gasteiger partial charge is 0.497 e. The van der Waals surface area contributed by atoms with Crippen molar-refractivity contribution < 1.29 is 22.7 Å². The lowest BCUT2D eigenvalue weighted by Crippen LogP contribution is -2.27. The number of carbonyl (C=O) groups excluding carboxylic acids is 1. The summed E-state index contributed by atoms with van der Waals surface area (Å²) in [6.45, 7) is 0. The summed E-state index contributed by atoms with van der Waals surface area (Å²) >= 11 is 3.86. The summed E-state index contributed by atoms with van der Waals surface area (Å²) in [6, 6.07) is 19.1. The monoisotopic (exact) mass is 612 g/mol. The van der Waals surface area contributed by atoms with Crippen LogP contribution >= 0.6 is 34.4 Å². The van der Waals surface area contributed by atoms with E-state index in [1.165, 1.54) is 37.0 Å². The number of rotatable bonds is 10. The Balaban J connectivity index is 1.63. The molecule has 7 nitrogen and oxygen atoms in total. The van der Waals surface area contributed by atoms with Crippen molar-refractivity contribution in [2.75, 3.05) is 36.6 Å². The first-order valence-corrected chi connectivity index (χ1v) is 13.7. The Bertz CT molecular complexity index is 1230. The number of sulfonamides is 1. The zero-order valence-electron chi connectivity index (χ0n) is 18.9. The van der Waals surface area contributed by atoms with E-state index >= 15 is 0 Å². The number of halogens is 1. The lowest BCUT2D eigenvalue weighted by molar-refractivity contribution is -0.115. The Kier molecular flexibility index (Phi) is 9.09. The van der Waals surface area contributed by atoms with Crippen molar-refractivity contribution >= 4 is 61.7 Å². The van der Waals surface area contributed by atoms with E-state index in [-0.39, 0.29) is 10.8 Å². The fourth-order valence-corrected chi connectivity index (χ4v) is 5.47. The molecule has 0 aliphatic heterocycles. The van der Waals surface area contributed by atoms with Gasteiger partial charge in [-0.2, -0.15) is 0 Å². The van der Waals surface area contributed by atoms with Gasteiger partial charge in [-0.3, -0.25) is 9.10 Å². The number of benzene rings is 3. The maximum atomic E-state index is 13.2. The van der Waals surface area contributed by atoms with Gasteiger partial charge < -0.3 is 14.8 Å². The molecule has 3 rings (SSSR count). The number of thioether (sulfide) groups is 1. The van der Waals surface area contributed by atoms with E-state index in [1.807, 2.05) is 24.3 Å². The second-order valence-electron chi connectivity index (χ2n) is 7.14. The van der Waals surface area contributed by atoms with Crippen LogP contribution < -0.4 is 19.1 Å². The van der Waals surface area contributed by atoms with Gasteiger partial charge in [0.2, 0.25) is 5.91 Å². The first kappa shape index (κ1) is 26.2. The van der Waals surface area contributed by atoms with Crippen LogP contribution in [-0.2, 0) is 14.8 Å². The van der Waals surface area contributed by atoms with Gasteiger partial charge in [-0.15, -0.1) is 11.8 Å². The highest BCUT2D eigenvalue weighted by molar-refractivity contribution is 14.1. The summed E-state index contributed by atoms with van der Waals surface area (Å²) in [6.07, 6.45) is 0.342. The maximum absolute atomic E-state index is 13.2. The van der Waals surface area contributed by atoms with Crippen LogP contribution in [0.25, 0.3) is 0 Å². The molecule has 0 bridgehead atoms. The molecule has 0 aromatic heterocycles. The molecule has 0 aliphatic rings. The van der Waals surface area contributed by atoms with Crippen LogP contribution in [0.4, 0.5) is 11.4 Å². The van der Waals surface area contributed by atoms with Crippen molar-refractivity contribution in [2.24, 2.45) is 0 Å². The standard InChI is InChI=1S/C24H25IN2O5S2/c1-27(22-16-19(31-2)8-13-23(22)32-3)34(29,30)21-11-6-18(7-12-21)26-24(28)14-15-33-20-9-4-17(25)5-10-20/h4-13,16H,14-15H2,1-3H3,(H,26,28). The van der Waals surface area contributed by atoms with E-state index in [9.17, 15) is 13.2 Å². The van der Waals surface area contributed by atoms with Crippen LogP contribution in [0.15, 0.2) is 76.5 Å². The molecule has 1 amide bonds. The molecule has 0 spiro atoms. The van der Waals surface area contributed by atoms with Gasteiger partial charge in [0.15, 0.2) is 0 Å². The molecule has 0 saturated heterocycles. The molecule has 180 valence electrons. The van der Waals surface area contributed by atoms with Crippen LogP contribution in [0.5, 0.6) is 11.5 Å². The van der Waals surface area contributed by atoms with Crippen LogP contribution in [0.2, 0.25) is 0 Å². The molecule has 0 heterocycles. The SMILES string of the molecule is COc1ccc(OC)c(N(C)S(=O)(=O)c2ccc(NC(=O)CCSc3ccc(I)cc3)cc2)c1. The van der Waals surface area contributed by atoms with Gasteiger partial charge >= 0.3 is 0 Å². The first-order valence-electron chi connectivity index (χ1n) is 10.2. The fourth-order valence-electron chi connectivity index (χ4n) is 3.06. The van der Waals surface area contributed by atoms with Crippen molar-refractivity contribution in [3.05, 3.63) is 70.3 Å². The van der Waals surface area contributed by atoms with Crippen LogP contribution in [0.3, 0.4) is 0 Å². The second-order valence-corrected chi connectivity index (χ2v) is 11.5. The van der Waals surface area contributed by atoms with E-state index in [2.05, 4.69) is 27.9 Å². The van der Waals surface area contributed by atoms with Gasteiger partial charge in [-0.25, -0.2) is 8.42 Å². The summed E-state index contributed by atoms with van der Waals surface area (Å²) in [5, 5.41) is 2.81. The highest BCUT2D eigenvalue weighted by atomic mass is 127. The third kappa shape index (κ3) is 6.57. The molecular weight excluding hydrogens is 587 g/mol. The Labute approximate surface area is 218 Å². The maximum Gasteiger partial charge on any atom is 0.264 e. The van der Waals surface area contributed by atoms with Crippen LogP contribution in [0.1, 0.15) is 6.42 Å². The molecule has 10 heteroatoms. The summed E-state index contributed by atoms with van der Waals surface area (Å²) in [7, 11) is 0.573. The molecule has 0 atom stereocenters. The highest BCUT2D eigenvalue weighted by Gasteiger charge is 2.24. The molecule has 0 saturated carbocycles. The molecule has 0 fully saturated rings. The highest BCUT2D eigenvalue weighted by Crippen LogP contribution is 2.34. The number of ether oxygens (including phenoxy) is 2. The zero-order chi connectivity index (χ0) is 24.7. The van der Waals surface area contributed by atoms with Gasteiger partial charge in [0.25, 0.3) is 10.0 Å². The van der Waals surface area contributed by atoms with Gasteiger partial charge in [0.05, 0.1) is 24.8 Å². The average Bonchev–Trinajstić information content (AvgIpc) is 2.84. The van der Waals surface area contributed by atoms with Gasteiger partial charge in [0.1, 0.15) is 11.5 Å². The van der Waals surface area contributed by atoms with Crippen molar-refractivity contribution in [3.8, 4) is 11.5 Å². The minimum atomic E-state index is -3.86. The number of hydrogen-bond donors (Lipinski definition) is 1. The Morgan fingerprint density at radius 3 is 2.29 bits per heavy atom. The zero-order valence-corrected chi connectivity index (χ0v) is 22.7. The summed E-state index contributed by atoms with van der Waals surface area (Å²) in [5.74, 6) is 1.42. The topological polar surface area (TPSA) is 84.9 Å². The Morgan fingerprint density at radius 1 is 1.00 bits per heavy atom. The lowest BCUT2D eigenvalue weighted by Gasteiger charge is -2.22. The van der Waals surface area contributed by atoms with Crippen LogP contribution in [-0.4, -0.2) is 41.3 Å². The number of anilines is 2. The van der Waals surface area contributed by atoms with E-state index < -0.39 is 10.0 Å². The van der Waals surface area contributed by atoms with E-state index in [0.717, 1.165) is 9.20 Å². The van der Waals surface area contributed by atoms with E-state index in [1.54, 1.807) is 42.1 Å². The second kappa shape index (κ2) is 11.8. The first-order chi connectivity index (χ1) is 16.2. The van der Waals surface area contributed by atoms with Gasteiger partial charge in [-0.1, -0.05) is 0 Å². The summed E-state index contributed by atoms with van der Waals surface area (Å²) in [5.41, 5.74) is 0.884. The van der Waals surface area contributed by atoms with Crippen molar-refractivity contribution in [2.45, 2.75) is 16.2 Å². The summed E-state index contributed by atoms with van der Waals surface area (Å²) in [4.78, 5) is 13.5. The Morgan fingerprint density at radius 2 is 1.68 bits per heavy atom. The van der Waals surface area contributed by atoms with Crippen LogP contribution in [0, 0.1) is 3.57 Å². The average molecular weight is 613 g/mol.